The summed E-state index contributed by atoms with van der Waals surface area (Å²) in [6.45, 7) is -0.143. The molecule has 0 saturated carbocycles. The number of nitrogens with one attached hydrogen (secondary N) is 1. The fraction of sp³-hybridized carbons (Fsp3) is 0.0714. The van der Waals surface area contributed by atoms with Crippen molar-refractivity contribution in [3.05, 3.63) is 57.0 Å². The van der Waals surface area contributed by atoms with Crippen molar-refractivity contribution >= 4 is 50.7 Å². The summed E-state index contributed by atoms with van der Waals surface area (Å²) in [5.41, 5.74) is 0.694. The van der Waals surface area contributed by atoms with Gasteiger partial charge in [0.1, 0.15) is 10.8 Å². The highest BCUT2D eigenvalue weighted by Crippen LogP contribution is 2.31. The van der Waals surface area contributed by atoms with Crippen molar-refractivity contribution in [1.29, 1.82) is 0 Å². The Labute approximate surface area is 135 Å². The van der Waals surface area contributed by atoms with Crippen molar-refractivity contribution in [3.63, 3.8) is 0 Å². The van der Waals surface area contributed by atoms with E-state index in [9.17, 15) is 4.79 Å². The molecule has 2 aromatic carbocycles. The fourth-order valence-corrected chi connectivity index (χ4v) is 2.08. The van der Waals surface area contributed by atoms with E-state index in [2.05, 4.69) is 21.2 Å². The molecule has 0 bridgehead atoms. The molecule has 1 N–H and O–H groups in total. The lowest BCUT2D eigenvalue weighted by Crippen LogP contribution is -2.20. The Morgan fingerprint density at radius 2 is 1.85 bits per heavy atom. The number of carbonyl (C=O) groups is 1. The van der Waals surface area contributed by atoms with Crippen LogP contribution < -0.4 is 10.1 Å². The molecule has 2 rings (SSSR count). The SMILES string of the molecule is O=C(COc1cccc(Cl)c1Cl)Nc1ccc(Br)cc1. The van der Waals surface area contributed by atoms with Crippen LogP contribution in [0.5, 0.6) is 5.75 Å². The number of ether oxygens (including phenoxy) is 1. The number of rotatable bonds is 4. The number of amides is 1. The lowest BCUT2D eigenvalue weighted by molar-refractivity contribution is -0.118. The van der Waals surface area contributed by atoms with Gasteiger partial charge in [-0.2, -0.15) is 0 Å². The molecular formula is C14H10BrCl2NO2. The van der Waals surface area contributed by atoms with Gasteiger partial charge in [0.15, 0.2) is 6.61 Å². The van der Waals surface area contributed by atoms with Gasteiger partial charge in [0, 0.05) is 10.2 Å². The third-order valence-corrected chi connectivity index (χ3v) is 3.73. The molecule has 0 saturated heterocycles. The van der Waals surface area contributed by atoms with E-state index in [0.717, 1.165) is 4.47 Å². The van der Waals surface area contributed by atoms with E-state index in [1.54, 1.807) is 30.3 Å². The van der Waals surface area contributed by atoms with Gasteiger partial charge in [-0.15, -0.1) is 0 Å². The quantitative estimate of drug-likeness (QED) is 0.836. The van der Waals surface area contributed by atoms with Crippen molar-refractivity contribution in [3.8, 4) is 5.75 Å². The zero-order chi connectivity index (χ0) is 14.5. The summed E-state index contributed by atoms with van der Waals surface area (Å²) in [7, 11) is 0. The normalized spacial score (nSPS) is 10.2. The summed E-state index contributed by atoms with van der Waals surface area (Å²) in [5.74, 6) is 0.105. The summed E-state index contributed by atoms with van der Waals surface area (Å²) in [5, 5.41) is 3.40. The minimum atomic E-state index is -0.275. The highest BCUT2D eigenvalue weighted by molar-refractivity contribution is 9.10. The Hall–Kier alpha value is -1.23. The van der Waals surface area contributed by atoms with Crippen LogP contribution in [0.25, 0.3) is 0 Å². The van der Waals surface area contributed by atoms with Crippen LogP contribution in [0.4, 0.5) is 5.69 Å². The monoisotopic (exact) mass is 373 g/mol. The minimum Gasteiger partial charge on any atom is -0.482 e. The largest absolute Gasteiger partial charge is 0.482 e. The van der Waals surface area contributed by atoms with E-state index < -0.39 is 0 Å². The van der Waals surface area contributed by atoms with E-state index in [-0.39, 0.29) is 12.5 Å². The van der Waals surface area contributed by atoms with Gasteiger partial charge >= 0.3 is 0 Å². The van der Waals surface area contributed by atoms with Crippen molar-refractivity contribution in [2.75, 3.05) is 11.9 Å². The molecule has 6 heteroatoms. The Morgan fingerprint density at radius 1 is 1.15 bits per heavy atom. The summed E-state index contributed by atoms with van der Waals surface area (Å²) in [4.78, 5) is 11.7. The first kappa shape index (κ1) is 15.2. The Kier molecular flexibility index (Phi) is 5.29. The lowest BCUT2D eigenvalue weighted by atomic mass is 10.3. The number of anilines is 1. The molecule has 3 nitrogen and oxygen atoms in total. The molecule has 0 atom stereocenters. The van der Waals surface area contributed by atoms with Crippen LogP contribution in [0.2, 0.25) is 10.0 Å². The molecule has 0 heterocycles. The topological polar surface area (TPSA) is 38.3 Å². The molecule has 1 amide bonds. The minimum absolute atomic E-state index is 0.143. The molecule has 0 aromatic heterocycles. The predicted octanol–water partition coefficient (Wildman–Crippen LogP) is 4.77. The fourth-order valence-electron chi connectivity index (χ4n) is 1.47. The van der Waals surface area contributed by atoms with Gasteiger partial charge in [0.05, 0.1) is 5.02 Å². The molecule has 0 aliphatic carbocycles. The van der Waals surface area contributed by atoms with Gasteiger partial charge < -0.3 is 10.1 Å². The van der Waals surface area contributed by atoms with E-state index >= 15 is 0 Å². The van der Waals surface area contributed by atoms with Crippen molar-refractivity contribution < 1.29 is 9.53 Å². The van der Waals surface area contributed by atoms with Crippen LogP contribution >= 0.6 is 39.1 Å². The molecule has 0 aliphatic heterocycles. The zero-order valence-corrected chi connectivity index (χ0v) is 13.3. The first-order chi connectivity index (χ1) is 9.56. The first-order valence-corrected chi connectivity index (χ1v) is 7.23. The van der Waals surface area contributed by atoms with Crippen LogP contribution in [-0.4, -0.2) is 12.5 Å². The Balaban J connectivity index is 1.92. The van der Waals surface area contributed by atoms with Crippen molar-refractivity contribution in [2.24, 2.45) is 0 Å². The maximum absolute atomic E-state index is 11.7. The highest BCUT2D eigenvalue weighted by Gasteiger charge is 2.08. The van der Waals surface area contributed by atoms with Crippen molar-refractivity contribution in [1.82, 2.24) is 0 Å². The van der Waals surface area contributed by atoms with Crippen LogP contribution in [0, 0.1) is 0 Å². The lowest BCUT2D eigenvalue weighted by Gasteiger charge is -2.09. The number of hydrogen-bond acceptors (Lipinski definition) is 2. The molecule has 0 radical (unpaired) electrons. The summed E-state index contributed by atoms with van der Waals surface area (Å²) in [6, 6.07) is 12.3. The second-order valence-corrected chi connectivity index (χ2v) is 5.60. The summed E-state index contributed by atoms with van der Waals surface area (Å²) in [6.07, 6.45) is 0. The van der Waals surface area contributed by atoms with E-state index in [4.69, 9.17) is 27.9 Å². The third-order valence-electron chi connectivity index (χ3n) is 2.40. The predicted molar refractivity (Wildman–Crippen MR) is 84.7 cm³/mol. The van der Waals surface area contributed by atoms with E-state index in [0.29, 0.717) is 21.5 Å². The maximum atomic E-state index is 11.7. The Bertz CT molecular complexity index is 617. The number of hydrogen-bond donors (Lipinski definition) is 1. The van der Waals surface area contributed by atoms with Gasteiger partial charge in [-0.1, -0.05) is 45.2 Å². The summed E-state index contributed by atoms with van der Waals surface area (Å²) >= 11 is 15.1. The number of halogens is 3. The molecule has 104 valence electrons. The molecule has 0 fully saturated rings. The second-order valence-electron chi connectivity index (χ2n) is 3.90. The van der Waals surface area contributed by atoms with Gasteiger partial charge in [-0.25, -0.2) is 0 Å². The van der Waals surface area contributed by atoms with Crippen LogP contribution in [0.3, 0.4) is 0 Å². The maximum Gasteiger partial charge on any atom is 0.262 e. The first-order valence-electron chi connectivity index (χ1n) is 5.68. The van der Waals surface area contributed by atoms with E-state index in [1.165, 1.54) is 0 Å². The third kappa shape index (κ3) is 4.13. The molecule has 0 spiro atoms. The molecule has 0 unspecified atom stereocenters. The molecular weight excluding hydrogens is 365 g/mol. The molecule has 0 aliphatic rings. The molecule has 2 aromatic rings. The standard InChI is InChI=1S/C14H10BrCl2NO2/c15-9-4-6-10(7-5-9)18-13(19)8-20-12-3-1-2-11(16)14(12)17/h1-7H,8H2,(H,18,19). The average Bonchev–Trinajstić information content (AvgIpc) is 2.43. The molecule has 20 heavy (non-hydrogen) atoms. The van der Waals surface area contributed by atoms with Gasteiger partial charge in [-0.05, 0) is 36.4 Å². The zero-order valence-electron chi connectivity index (χ0n) is 10.2. The second kappa shape index (κ2) is 6.97. The smallest absolute Gasteiger partial charge is 0.262 e. The number of benzene rings is 2. The van der Waals surface area contributed by atoms with Crippen LogP contribution in [-0.2, 0) is 4.79 Å². The van der Waals surface area contributed by atoms with Gasteiger partial charge in [-0.3, -0.25) is 4.79 Å². The van der Waals surface area contributed by atoms with Crippen LogP contribution in [0.1, 0.15) is 0 Å². The van der Waals surface area contributed by atoms with Gasteiger partial charge in [0.2, 0.25) is 0 Å². The van der Waals surface area contributed by atoms with E-state index in [1.807, 2.05) is 12.1 Å². The van der Waals surface area contributed by atoms with Gasteiger partial charge in [0.25, 0.3) is 5.91 Å². The Morgan fingerprint density at radius 3 is 2.55 bits per heavy atom. The van der Waals surface area contributed by atoms with Crippen molar-refractivity contribution in [2.45, 2.75) is 0 Å². The summed E-state index contributed by atoms with van der Waals surface area (Å²) < 4.78 is 6.28. The number of carbonyl (C=O) groups excluding carboxylic acids is 1. The van der Waals surface area contributed by atoms with Crippen LogP contribution in [0.15, 0.2) is 46.9 Å². The average molecular weight is 375 g/mol. The highest BCUT2D eigenvalue weighted by atomic mass is 79.9.